The van der Waals surface area contributed by atoms with Gasteiger partial charge in [0.25, 0.3) is 0 Å². The number of anilines is 1. The fourth-order valence-corrected chi connectivity index (χ4v) is 2.40. The van der Waals surface area contributed by atoms with Gasteiger partial charge in [0.2, 0.25) is 6.41 Å². The minimum atomic E-state index is -4.74. The lowest BCUT2D eigenvalue weighted by atomic mass is 10.2. The number of rotatable bonds is 4. The lowest BCUT2D eigenvalue weighted by Gasteiger charge is -2.19. The van der Waals surface area contributed by atoms with Crippen LogP contribution in [-0.2, 0) is 22.3 Å². The number of carbonyl (C=O) groups excluding carboxylic acids is 2. The summed E-state index contributed by atoms with van der Waals surface area (Å²) in [5.41, 5.74) is -1.96. The summed E-state index contributed by atoms with van der Waals surface area (Å²) in [5.74, 6) is 0. The minimum absolute atomic E-state index is 0.0333. The van der Waals surface area contributed by atoms with Crippen LogP contribution in [0.3, 0.4) is 0 Å². The van der Waals surface area contributed by atoms with Crippen molar-refractivity contribution in [3.63, 3.8) is 0 Å². The molecule has 0 spiro atoms. The van der Waals surface area contributed by atoms with E-state index in [1.807, 2.05) is 0 Å². The first-order valence-corrected chi connectivity index (χ1v) is 7.13. The van der Waals surface area contributed by atoms with Gasteiger partial charge < -0.3 is 10.1 Å². The van der Waals surface area contributed by atoms with Gasteiger partial charge in [0, 0.05) is 0 Å². The topological polar surface area (TPSA) is 71.5 Å². The number of halogens is 3. The molecule has 1 heterocycles. The van der Waals surface area contributed by atoms with Gasteiger partial charge in [-0.15, -0.1) is 0 Å². The zero-order valence-corrected chi connectivity index (χ0v) is 13.6. The molecule has 0 atom stereocenters. The summed E-state index contributed by atoms with van der Waals surface area (Å²) < 4.78 is 43.9. The molecule has 11 heteroatoms. The molecule has 0 saturated heterocycles. The molecule has 6 nitrogen and oxygen atoms in total. The fourth-order valence-electron chi connectivity index (χ4n) is 1.28. The van der Waals surface area contributed by atoms with Gasteiger partial charge in [-0.1, -0.05) is 24.2 Å². The molecule has 0 saturated carbocycles. The van der Waals surface area contributed by atoms with Crippen LogP contribution < -0.4 is 9.62 Å². The molecule has 2 amide bonds. The second kappa shape index (κ2) is 6.73. The van der Waals surface area contributed by atoms with Crippen molar-refractivity contribution in [2.75, 3.05) is 4.31 Å². The molecular weight excluding hydrogens is 343 g/mol. The Balaban J connectivity index is 2.87. The Labute approximate surface area is 134 Å². The lowest BCUT2D eigenvalue weighted by molar-refractivity contribution is -0.140. The molecule has 0 aromatic carbocycles. The van der Waals surface area contributed by atoms with Crippen molar-refractivity contribution in [3.8, 4) is 0 Å². The van der Waals surface area contributed by atoms with Crippen LogP contribution in [-0.4, -0.2) is 23.1 Å². The van der Waals surface area contributed by atoms with Gasteiger partial charge >= 0.3 is 12.3 Å². The third-order valence-electron chi connectivity index (χ3n) is 2.01. The van der Waals surface area contributed by atoms with E-state index in [9.17, 15) is 22.8 Å². The molecule has 1 rings (SSSR count). The van der Waals surface area contributed by atoms with Gasteiger partial charge in [0.15, 0.2) is 5.69 Å². The van der Waals surface area contributed by atoms with Gasteiger partial charge in [0.05, 0.1) is 6.54 Å². The van der Waals surface area contributed by atoms with Crippen molar-refractivity contribution in [1.82, 2.24) is 10.3 Å². The number of hydrogen-bond acceptors (Lipinski definition) is 6. The fraction of sp³-hybridized carbons (Fsp3) is 0.545. The van der Waals surface area contributed by atoms with Crippen LogP contribution in [0.2, 0.25) is 0 Å². The Morgan fingerprint density at radius 3 is 2.50 bits per heavy atom. The van der Waals surface area contributed by atoms with E-state index in [0.29, 0.717) is 15.6 Å². The first-order valence-electron chi connectivity index (χ1n) is 5.91. The molecule has 0 radical (unpaired) electrons. The van der Waals surface area contributed by atoms with Gasteiger partial charge in [-0.2, -0.15) is 13.2 Å². The van der Waals surface area contributed by atoms with E-state index < -0.39 is 28.6 Å². The maximum atomic E-state index is 12.8. The average molecular weight is 357 g/mol. The second-order valence-electron chi connectivity index (χ2n) is 5.06. The minimum Gasteiger partial charge on any atom is -0.444 e. The highest BCUT2D eigenvalue weighted by molar-refractivity contribution is 7.82. The van der Waals surface area contributed by atoms with Crippen LogP contribution in [0.25, 0.3) is 0 Å². The van der Waals surface area contributed by atoms with E-state index >= 15 is 0 Å². The van der Waals surface area contributed by atoms with Crippen molar-refractivity contribution < 1.29 is 27.5 Å². The van der Waals surface area contributed by atoms with Crippen LogP contribution in [0.15, 0.2) is 0 Å². The number of nitrogens with one attached hydrogen (secondary N) is 1. The SMILES string of the molecule is CC(C)(C)OC(=O)NCc1nc(C(F)(F)F)c(N(S)C=O)s1. The van der Waals surface area contributed by atoms with E-state index in [1.54, 1.807) is 20.8 Å². The molecule has 0 aliphatic heterocycles. The van der Waals surface area contributed by atoms with Crippen molar-refractivity contribution in [2.24, 2.45) is 0 Å². The summed E-state index contributed by atoms with van der Waals surface area (Å²) in [6.45, 7) is 4.69. The van der Waals surface area contributed by atoms with E-state index in [0.717, 1.165) is 0 Å². The number of carbonyl (C=O) groups is 2. The zero-order valence-electron chi connectivity index (χ0n) is 11.9. The maximum absolute atomic E-state index is 12.8. The van der Waals surface area contributed by atoms with Gasteiger partial charge in [-0.3, -0.25) is 4.79 Å². The Kier molecular flexibility index (Phi) is 5.68. The number of ether oxygens (including phenoxy) is 1. The van der Waals surface area contributed by atoms with Gasteiger partial charge in [0.1, 0.15) is 15.6 Å². The molecule has 0 aliphatic rings. The summed E-state index contributed by atoms with van der Waals surface area (Å²) in [6.07, 6.45) is -5.40. The Hall–Kier alpha value is -1.49. The molecule has 1 N–H and O–H groups in total. The third-order valence-corrected chi connectivity index (χ3v) is 3.50. The smallest absolute Gasteiger partial charge is 0.436 e. The highest BCUT2D eigenvalue weighted by Crippen LogP contribution is 2.40. The number of alkyl carbamates (subject to hydrolysis) is 1. The number of amides is 2. The third kappa shape index (κ3) is 5.37. The summed E-state index contributed by atoms with van der Waals surface area (Å²) in [5, 5.41) is 1.79. The standard InChI is InChI=1S/C11H14F3N3O3S2/c1-10(2,3)20-9(19)15-4-6-16-7(11(12,13)14)8(22-6)17(21)5-18/h5,21H,4H2,1-3H3,(H,15,19). The van der Waals surface area contributed by atoms with Crippen molar-refractivity contribution in [1.29, 1.82) is 0 Å². The van der Waals surface area contributed by atoms with Crippen molar-refractivity contribution in [3.05, 3.63) is 10.7 Å². The predicted molar refractivity (Wildman–Crippen MR) is 77.7 cm³/mol. The maximum Gasteiger partial charge on any atom is 0.436 e. The number of alkyl halides is 3. The average Bonchev–Trinajstić information content (AvgIpc) is 2.77. The van der Waals surface area contributed by atoms with Crippen molar-refractivity contribution >= 4 is 41.7 Å². The second-order valence-corrected chi connectivity index (χ2v) is 6.56. The number of thiazole rings is 1. The van der Waals surface area contributed by atoms with E-state index in [1.165, 1.54) is 0 Å². The van der Waals surface area contributed by atoms with Crippen molar-refractivity contribution in [2.45, 2.75) is 39.1 Å². The van der Waals surface area contributed by atoms with E-state index in [4.69, 9.17) is 4.74 Å². The normalized spacial score (nSPS) is 12.0. The Morgan fingerprint density at radius 1 is 1.45 bits per heavy atom. The number of hydrogen-bond donors (Lipinski definition) is 2. The van der Waals surface area contributed by atoms with Crippen LogP contribution in [0.4, 0.5) is 23.0 Å². The monoisotopic (exact) mass is 357 g/mol. The zero-order chi connectivity index (χ0) is 17.1. The molecule has 124 valence electrons. The van der Waals surface area contributed by atoms with Gasteiger partial charge in [-0.25, -0.2) is 14.1 Å². The number of thiol groups is 1. The molecule has 1 aromatic heterocycles. The van der Waals surface area contributed by atoms with Crippen LogP contribution in [0, 0.1) is 0 Å². The highest BCUT2D eigenvalue weighted by atomic mass is 32.1. The van der Waals surface area contributed by atoms with Crippen LogP contribution >= 0.6 is 24.2 Å². The Bertz CT molecular complexity index is 555. The van der Waals surface area contributed by atoms with E-state index in [2.05, 4.69) is 23.1 Å². The summed E-state index contributed by atoms with van der Waals surface area (Å²) in [6, 6.07) is 0. The molecule has 0 aliphatic carbocycles. The molecule has 22 heavy (non-hydrogen) atoms. The summed E-state index contributed by atoms with van der Waals surface area (Å²) >= 11 is 4.22. The number of nitrogens with zero attached hydrogens (tertiary/aromatic N) is 2. The molecule has 0 fully saturated rings. The quantitative estimate of drug-likeness (QED) is 0.642. The predicted octanol–water partition coefficient (Wildman–Crippen LogP) is 2.99. The highest BCUT2D eigenvalue weighted by Gasteiger charge is 2.39. The first-order chi connectivity index (χ1) is 9.94. The largest absolute Gasteiger partial charge is 0.444 e. The molecular formula is C11H14F3N3O3S2. The molecule has 1 aromatic rings. The lowest BCUT2D eigenvalue weighted by Crippen LogP contribution is -2.32. The first kappa shape index (κ1) is 18.6. The van der Waals surface area contributed by atoms with Gasteiger partial charge in [-0.05, 0) is 20.8 Å². The van der Waals surface area contributed by atoms with Crippen LogP contribution in [0.1, 0.15) is 31.5 Å². The Morgan fingerprint density at radius 2 is 2.05 bits per heavy atom. The molecule has 0 unspecified atom stereocenters. The summed E-state index contributed by atoms with van der Waals surface area (Å²) in [7, 11) is 0. The van der Waals surface area contributed by atoms with Crippen LogP contribution in [0.5, 0.6) is 0 Å². The van der Waals surface area contributed by atoms with E-state index in [-0.39, 0.29) is 18.0 Å². The number of aromatic nitrogens is 1. The molecule has 0 bridgehead atoms. The summed E-state index contributed by atoms with van der Waals surface area (Å²) in [4.78, 5) is 25.4.